The molecule has 0 amide bonds. The molecule has 0 aromatic heterocycles. The highest BCUT2D eigenvalue weighted by molar-refractivity contribution is 5.89. The van der Waals surface area contributed by atoms with Crippen LogP contribution in [-0.2, 0) is 36.9 Å². The number of esters is 1. The number of hydrogen-bond donors (Lipinski definition) is 0. The maximum absolute atomic E-state index is 13.2. The average Bonchev–Trinajstić information content (AvgIpc) is 2.98. The molecule has 0 aliphatic carbocycles. The third-order valence-corrected chi connectivity index (χ3v) is 6.91. The van der Waals surface area contributed by atoms with Gasteiger partial charge in [-0.05, 0) is 36.1 Å². The van der Waals surface area contributed by atoms with Gasteiger partial charge in [0, 0.05) is 18.7 Å². The van der Waals surface area contributed by atoms with Gasteiger partial charge in [0.05, 0.1) is 36.4 Å². The highest BCUT2D eigenvalue weighted by Crippen LogP contribution is 2.34. The summed E-state index contributed by atoms with van der Waals surface area (Å²) in [6.45, 7) is 1.46. The van der Waals surface area contributed by atoms with Crippen LogP contribution in [0.4, 0.5) is 5.69 Å². The Balaban J connectivity index is 1.36. The number of carbonyl (C=O) groups excluding carboxylic acids is 1. The highest BCUT2D eigenvalue weighted by Gasteiger charge is 2.50. The lowest BCUT2D eigenvalue weighted by atomic mass is 9.90. The van der Waals surface area contributed by atoms with Gasteiger partial charge in [-0.3, -0.25) is 10.1 Å². The number of nitro benzene ring substituents is 1. The van der Waals surface area contributed by atoms with E-state index in [2.05, 4.69) is 0 Å². The van der Waals surface area contributed by atoms with Crippen molar-refractivity contribution in [1.82, 2.24) is 0 Å². The zero-order chi connectivity index (χ0) is 27.0. The Labute approximate surface area is 226 Å². The second-order valence-electron chi connectivity index (χ2n) is 9.63. The quantitative estimate of drug-likeness (QED) is 0.206. The van der Waals surface area contributed by atoms with Crippen molar-refractivity contribution < 1.29 is 33.4 Å². The molecule has 2 aliphatic rings. The van der Waals surface area contributed by atoms with Crippen LogP contribution in [0.2, 0.25) is 0 Å². The predicted molar refractivity (Wildman–Crippen MR) is 141 cm³/mol. The lowest BCUT2D eigenvalue weighted by Gasteiger charge is -2.47. The molecule has 2 aliphatic heterocycles. The molecule has 0 radical (unpaired) electrons. The van der Waals surface area contributed by atoms with Crippen LogP contribution in [-0.4, -0.2) is 54.6 Å². The first kappa shape index (κ1) is 27.0. The smallest absolute Gasteiger partial charge is 0.338 e. The van der Waals surface area contributed by atoms with Crippen LogP contribution in [0.3, 0.4) is 0 Å². The molecule has 0 saturated carbocycles. The second kappa shape index (κ2) is 12.9. The minimum atomic E-state index is -0.763. The van der Waals surface area contributed by atoms with Crippen molar-refractivity contribution in [2.24, 2.45) is 0 Å². The van der Waals surface area contributed by atoms with Crippen LogP contribution in [0.1, 0.15) is 34.3 Å². The van der Waals surface area contributed by atoms with E-state index in [0.717, 1.165) is 24.0 Å². The monoisotopic (exact) mass is 533 g/mol. The molecule has 0 bridgehead atoms. The van der Waals surface area contributed by atoms with E-state index in [-0.39, 0.29) is 30.6 Å². The minimum absolute atomic E-state index is 0.104. The minimum Gasteiger partial charge on any atom is -0.453 e. The SMILES string of the molecule is O=C(O[C@@H]1[C@@H]2OCCC[C@@H]2O[C@H](COCc2ccccc2)[C@H]1OCc1ccccc1)c1ccc([N+](=O)[O-])cc1. The third kappa shape index (κ3) is 6.88. The predicted octanol–water partition coefficient (Wildman–Crippen LogP) is 4.87. The first-order chi connectivity index (χ1) is 19.1. The number of non-ortho nitro benzene ring substituents is 1. The molecular formula is C30H31NO8. The standard InChI is InChI=1S/C30H31NO8/c32-30(23-13-15-24(16-14-23)31(33)34)39-29-27-25(12-7-17-36-27)38-26(20-35-18-21-8-3-1-4-9-21)28(29)37-19-22-10-5-2-6-11-22/h1-6,8-11,13-16,25-29H,7,12,17-20H2/t25-,26+,27+,28+,29+/m0/s1. The van der Waals surface area contributed by atoms with Crippen molar-refractivity contribution >= 4 is 11.7 Å². The second-order valence-corrected chi connectivity index (χ2v) is 9.63. The van der Waals surface area contributed by atoms with Crippen molar-refractivity contribution in [2.75, 3.05) is 13.2 Å². The topological polar surface area (TPSA) is 106 Å². The summed E-state index contributed by atoms with van der Waals surface area (Å²) in [4.78, 5) is 23.7. The number of fused-ring (bicyclic) bond motifs is 1. The number of rotatable bonds is 10. The molecule has 3 aromatic carbocycles. The van der Waals surface area contributed by atoms with Crippen LogP contribution < -0.4 is 0 Å². The van der Waals surface area contributed by atoms with E-state index in [1.165, 1.54) is 24.3 Å². The van der Waals surface area contributed by atoms with Crippen molar-refractivity contribution in [3.63, 3.8) is 0 Å². The average molecular weight is 534 g/mol. The van der Waals surface area contributed by atoms with E-state index in [1.54, 1.807) is 0 Å². The molecule has 5 rings (SSSR count). The van der Waals surface area contributed by atoms with E-state index in [4.69, 9.17) is 23.7 Å². The van der Waals surface area contributed by atoms with Crippen molar-refractivity contribution in [3.8, 4) is 0 Å². The number of ether oxygens (including phenoxy) is 5. The molecule has 2 fully saturated rings. The van der Waals surface area contributed by atoms with E-state index >= 15 is 0 Å². The normalized spacial score (nSPS) is 24.5. The van der Waals surface area contributed by atoms with Crippen molar-refractivity contribution in [2.45, 2.75) is 56.6 Å². The van der Waals surface area contributed by atoms with Crippen molar-refractivity contribution in [1.29, 1.82) is 0 Å². The molecule has 2 saturated heterocycles. The first-order valence-corrected chi connectivity index (χ1v) is 13.1. The summed E-state index contributed by atoms with van der Waals surface area (Å²) in [6.07, 6.45) is -1.13. The van der Waals surface area contributed by atoms with Gasteiger partial charge in [-0.15, -0.1) is 0 Å². The number of carbonyl (C=O) groups is 1. The van der Waals surface area contributed by atoms with Gasteiger partial charge in [0.2, 0.25) is 0 Å². The summed E-state index contributed by atoms with van der Waals surface area (Å²) in [5.74, 6) is -0.609. The summed E-state index contributed by atoms with van der Waals surface area (Å²) in [7, 11) is 0. The van der Waals surface area contributed by atoms with Crippen LogP contribution in [0.25, 0.3) is 0 Å². The highest BCUT2D eigenvalue weighted by atomic mass is 16.6. The fourth-order valence-electron chi connectivity index (χ4n) is 4.94. The van der Waals surface area contributed by atoms with Gasteiger partial charge in [0.1, 0.15) is 18.3 Å². The lowest BCUT2D eigenvalue weighted by molar-refractivity contribution is -0.384. The number of hydrogen-bond acceptors (Lipinski definition) is 8. The third-order valence-electron chi connectivity index (χ3n) is 6.91. The molecule has 9 nitrogen and oxygen atoms in total. The fraction of sp³-hybridized carbons (Fsp3) is 0.367. The Morgan fingerprint density at radius 3 is 2.23 bits per heavy atom. The van der Waals surface area contributed by atoms with E-state index < -0.39 is 35.3 Å². The molecule has 39 heavy (non-hydrogen) atoms. The number of nitrogens with zero attached hydrogens (tertiary/aromatic N) is 1. The van der Waals surface area contributed by atoms with Crippen molar-refractivity contribution in [3.05, 3.63) is 112 Å². The number of nitro groups is 1. The maximum Gasteiger partial charge on any atom is 0.338 e. The lowest BCUT2D eigenvalue weighted by Crippen LogP contribution is -2.62. The summed E-state index contributed by atoms with van der Waals surface area (Å²) in [5.41, 5.74) is 2.11. The van der Waals surface area contributed by atoms with Crippen LogP contribution in [0.5, 0.6) is 0 Å². The summed E-state index contributed by atoms with van der Waals surface area (Å²) >= 11 is 0. The first-order valence-electron chi connectivity index (χ1n) is 13.1. The summed E-state index contributed by atoms with van der Waals surface area (Å²) in [5, 5.41) is 11.0. The zero-order valence-corrected chi connectivity index (χ0v) is 21.4. The zero-order valence-electron chi connectivity index (χ0n) is 21.4. The Morgan fingerprint density at radius 2 is 1.56 bits per heavy atom. The Bertz CT molecular complexity index is 1220. The van der Waals surface area contributed by atoms with E-state index in [9.17, 15) is 14.9 Å². The molecule has 9 heteroatoms. The molecule has 2 heterocycles. The fourth-order valence-corrected chi connectivity index (χ4v) is 4.94. The molecule has 0 N–H and O–H groups in total. The Hall–Kier alpha value is -3.63. The van der Waals surface area contributed by atoms with Gasteiger partial charge in [-0.1, -0.05) is 60.7 Å². The van der Waals surface area contributed by atoms with Crippen LogP contribution in [0.15, 0.2) is 84.9 Å². The van der Waals surface area contributed by atoms with Gasteiger partial charge in [-0.25, -0.2) is 4.79 Å². The van der Waals surface area contributed by atoms with E-state index in [0.29, 0.717) is 13.2 Å². The van der Waals surface area contributed by atoms with E-state index in [1.807, 2.05) is 60.7 Å². The summed E-state index contributed by atoms with van der Waals surface area (Å²) < 4.78 is 31.0. The number of benzene rings is 3. The van der Waals surface area contributed by atoms with Gasteiger partial charge in [-0.2, -0.15) is 0 Å². The van der Waals surface area contributed by atoms with Gasteiger partial charge >= 0.3 is 5.97 Å². The Kier molecular flexibility index (Phi) is 8.95. The Morgan fingerprint density at radius 1 is 0.897 bits per heavy atom. The van der Waals surface area contributed by atoms with Gasteiger partial charge in [0.15, 0.2) is 6.10 Å². The van der Waals surface area contributed by atoms with Gasteiger partial charge in [0.25, 0.3) is 5.69 Å². The van der Waals surface area contributed by atoms with Crippen LogP contribution >= 0.6 is 0 Å². The maximum atomic E-state index is 13.2. The molecule has 204 valence electrons. The van der Waals surface area contributed by atoms with Crippen LogP contribution in [0, 0.1) is 10.1 Å². The molecule has 0 unspecified atom stereocenters. The largest absolute Gasteiger partial charge is 0.453 e. The summed E-state index contributed by atoms with van der Waals surface area (Å²) in [6, 6.07) is 24.9. The molecule has 0 spiro atoms. The molecule has 5 atom stereocenters. The van der Waals surface area contributed by atoms with Gasteiger partial charge < -0.3 is 23.7 Å². The molecule has 3 aromatic rings. The molecular weight excluding hydrogens is 502 g/mol.